The molecule has 1 aliphatic heterocycles. The highest BCUT2D eigenvalue weighted by Crippen LogP contribution is 2.23. The second-order valence-corrected chi connectivity index (χ2v) is 4.60. The average molecular weight is 261 g/mol. The monoisotopic (exact) mass is 261 g/mol. The Morgan fingerprint density at radius 1 is 1.26 bits per heavy atom. The molecule has 1 amide bonds. The number of benzene rings is 1. The number of esters is 1. The summed E-state index contributed by atoms with van der Waals surface area (Å²) in [6, 6.07) is 7.99. The van der Waals surface area contributed by atoms with Crippen LogP contribution in [0.1, 0.15) is 24.2 Å². The SMILES string of the molecule is CC(=O)[C@@H]1NC(=O)[C@@H]1[C@@H](C)OC(=O)c1ccccc1. The van der Waals surface area contributed by atoms with Crippen molar-refractivity contribution in [3.8, 4) is 0 Å². The molecule has 0 saturated carbocycles. The zero-order valence-electron chi connectivity index (χ0n) is 10.8. The molecule has 0 unspecified atom stereocenters. The second-order valence-electron chi connectivity index (χ2n) is 4.60. The first kappa shape index (κ1) is 13.3. The van der Waals surface area contributed by atoms with Gasteiger partial charge in [0, 0.05) is 0 Å². The Labute approximate surface area is 110 Å². The van der Waals surface area contributed by atoms with E-state index in [1.807, 2.05) is 0 Å². The number of amides is 1. The molecule has 1 aliphatic rings. The summed E-state index contributed by atoms with van der Waals surface area (Å²) in [7, 11) is 0. The zero-order valence-corrected chi connectivity index (χ0v) is 10.8. The van der Waals surface area contributed by atoms with E-state index in [1.54, 1.807) is 37.3 Å². The van der Waals surface area contributed by atoms with Gasteiger partial charge in [-0.2, -0.15) is 0 Å². The number of nitrogens with one attached hydrogen (secondary N) is 1. The summed E-state index contributed by atoms with van der Waals surface area (Å²) in [4.78, 5) is 34.6. The van der Waals surface area contributed by atoms with Gasteiger partial charge in [0.15, 0.2) is 5.78 Å². The summed E-state index contributed by atoms with van der Waals surface area (Å²) in [6.45, 7) is 3.03. The fourth-order valence-corrected chi connectivity index (χ4v) is 2.12. The van der Waals surface area contributed by atoms with E-state index >= 15 is 0 Å². The van der Waals surface area contributed by atoms with E-state index in [1.165, 1.54) is 6.92 Å². The van der Waals surface area contributed by atoms with Gasteiger partial charge in [-0.15, -0.1) is 0 Å². The molecule has 1 N–H and O–H groups in total. The number of ether oxygens (including phenoxy) is 1. The van der Waals surface area contributed by atoms with Crippen molar-refractivity contribution in [3.05, 3.63) is 35.9 Å². The number of carbonyl (C=O) groups excluding carboxylic acids is 3. The van der Waals surface area contributed by atoms with Crippen LogP contribution in [0.3, 0.4) is 0 Å². The maximum absolute atomic E-state index is 11.8. The van der Waals surface area contributed by atoms with E-state index in [2.05, 4.69) is 5.32 Å². The summed E-state index contributed by atoms with van der Waals surface area (Å²) >= 11 is 0. The van der Waals surface area contributed by atoms with Crippen molar-refractivity contribution < 1.29 is 19.1 Å². The maximum atomic E-state index is 11.8. The number of Topliss-reactive ketones (excluding diaryl/α,β-unsaturated/α-hetero) is 1. The van der Waals surface area contributed by atoms with Gasteiger partial charge in [-0.1, -0.05) is 18.2 Å². The van der Waals surface area contributed by atoms with Crippen LogP contribution in [0.2, 0.25) is 0 Å². The molecule has 2 rings (SSSR count). The molecule has 100 valence electrons. The van der Waals surface area contributed by atoms with Crippen molar-refractivity contribution in [3.63, 3.8) is 0 Å². The highest BCUT2D eigenvalue weighted by atomic mass is 16.5. The van der Waals surface area contributed by atoms with Gasteiger partial charge >= 0.3 is 5.97 Å². The van der Waals surface area contributed by atoms with E-state index in [4.69, 9.17) is 4.74 Å². The van der Waals surface area contributed by atoms with Gasteiger partial charge in [-0.25, -0.2) is 4.79 Å². The van der Waals surface area contributed by atoms with E-state index in [9.17, 15) is 14.4 Å². The minimum absolute atomic E-state index is 0.132. The van der Waals surface area contributed by atoms with Gasteiger partial charge in [0.25, 0.3) is 0 Å². The molecule has 0 spiro atoms. The van der Waals surface area contributed by atoms with Crippen molar-refractivity contribution in [2.45, 2.75) is 26.0 Å². The van der Waals surface area contributed by atoms with Crippen molar-refractivity contribution >= 4 is 17.7 Å². The highest BCUT2D eigenvalue weighted by molar-refractivity contribution is 5.99. The topological polar surface area (TPSA) is 72.5 Å². The highest BCUT2D eigenvalue weighted by Gasteiger charge is 2.47. The molecular formula is C14H15NO4. The summed E-state index contributed by atoms with van der Waals surface area (Å²) in [5, 5.41) is 2.51. The van der Waals surface area contributed by atoms with Crippen LogP contribution in [0, 0.1) is 5.92 Å². The van der Waals surface area contributed by atoms with Crippen LogP contribution in [-0.4, -0.2) is 29.8 Å². The Morgan fingerprint density at radius 2 is 1.89 bits per heavy atom. The first-order valence-electron chi connectivity index (χ1n) is 6.07. The molecule has 1 fully saturated rings. The Bertz CT molecular complexity index is 511. The largest absolute Gasteiger partial charge is 0.458 e. The third-order valence-electron chi connectivity index (χ3n) is 3.21. The summed E-state index contributed by atoms with van der Waals surface area (Å²) in [5.74, 6) is -1.47. The molecule has 0 radical (unpaired) electrons. The lowest BCUT2D eigenvalue weighted by atomic mass is 9.84. The summed E-state index contributed by atoms with van der Waals surface area (Å²) in [5.41, 5.74) is 0.424. The van der Waals surface area contributed by atoms with Gasteiger partial charge in [0.05, 0.1) is 5.56 Å². The Balaban J connectivity index is 2.01. The molecule has 5 heteroatoms. The van der Waals surface area contributed by atoms with E-state index in [-0.39, 0.29) is 11.7 Å². The first-order valence-corrected chi connectivity index (χ1v) is 6.07. The molecule has 3 atom stereocenters. The molecule has 5 nitrogen and oxygen atoms in total. The minimum Gasteiger partial charge on any atom is -0.458 e. The predicted octanol–water partition coefficient (Wildman–Crippen LogP) is 0.935. The molecule has 19 heavy (non-hydrogen) atoms. The lowest BCUT2D eigenvalue weighted by Crippen LogP contribution is -2.65. The van der Waals surface area contributed by atoms with Crippen LogP contribution in [-0.2, 0) is 14.3 Å². The second kappa shape index (κ2) is 5.22. The fraction of sp³-hybridized carbons (Fsp3) is 0.357. The van der Waals surface area contributed by atoms with Gasteiger partial charge in [-0.3, -0.25) is 9.59 Å². The Morgan fingerprint density at radius 3 is 2.42 bits per heavy atom. The maximum Gasteiger partial charge on any atom is 0.338 e. The van der Waals surface area contributed by atoms with Crippen LogP contribution in [0.5, 0.6) is 0 Å². The van der Waals surface area contributed by atoms with Crippen LogP contribution in [0.4, 0.5) is 0 Å². The van der Waals surface area contributed by atoms with E-state index < -0.39 is 24.0 Å². The Kier molecular flexibility index (Phi) is 3.64. The number of β-lactam (4-membered cyclic amide) rings is 1. The number of hydrogen-bond donors (Lipinski definition) is 1. The number of rotatable bonds is 4. The third-order valence-corrected chi connectivity index (χ3v) is 3.21. The molecule has 1 aromatic rings. The van der Waals surface area contributed by atoms with Crippen molar-refractivity contribution in [1.29, 1.82) is 0 Å². The quantitative estimate of drug-likeness (QED) is 0.646. The third kappa shape index (κ3) is 2.65. The molecular weight excluding hydrogens is 246 g/mol. The van der Waals surface area contributed by atoms with E-state index in [0.29, 0.717) is 5.56 Å². The predicted molar refractivity (Wildman–Crippen MR) is 67.4 cm³/mol. The molecule has 1 saturated heterocycles. The lowest BCUT2D eigenvalue weighted by Gasteiger charge is -2.38. The molecule has 0 aromatic heterocycles. The van der Waals surface area contributed by atoms with Crippen LogP contribution in [0.15, 0.2) is 30.3 Å². The smallest absolute Gasteiger partial charge is 0.338 e. The number of hydrogen-bond acceptors (Lipinski definition) is 4. The van der Waals surface area contributed by atoms with Gasteiger partial charge in [0.2, 0.25) is 5.91 Å². The van der Waals surface area contributed by atoms with Crippen molar-refractivity contribution in [2.24, 2.45) is 5.92 Å². The standard InChI is InChI=1S/C14H15NO4/c1-8(16)12-11(13(17)15-12)9(2)19-14(18)10-6-4-3-5-7-10/h3-7,9,11-12H,1-2H3,(H,15,17)/t9-,11-,12+/m1/s1. The zero-order chi connectivity index (χ0) is 14.0. The molecule has 0 aliphatic carbocycles. The number of ketones is 1. The normalized spacial score (nSPS) is 22.9. The van der Waals surface area contributed by atoms with Crippen LogP contribution < -0.4 is 5.32 Å². The van der Waals surface area contributed by atoms with Crippen molar-refractivity contribution in [2.75, 3.05) is 0 Å². The van der Waals surface area contributed by atoms with E-state index in [0.717, 1.165) is 0 Å². The Hall–Kier alpha value is -2.17. The minimum atomic E-state index is -0.629. The van der Waals surface area contributed by atoms with Crippen LogP contribution in [0.25, 0.3) is 0 Å². The summed E-state index contributed by atoms with van der Waals surface area (Å²) < 4.78 is 5.24. The molecule has 0 bridgehead atoms. The summed E-state index contributed by atoms with van der Waals surface area (Å²) in [6.07, 6.45) is -0.629. The van der Waals surface area contributed by atoms with Crippen LogP contribution >= 0.6 is 0 Å². The lowest BCUT2D eigenvalue weighted by molar-refractivity contribution is -0.147. The first-order chi connectivity index (χ1) is 9.00. The van der Waals surface area contributed by atoms with Crippen molar-refractivity contribution in [1.82, 2.24) is 5.32 Å². The fourth-order valence-electron chi connectivity index (χ4n) is 2.12. The number of carbonyl (C=O) groups is 3. The van der Waals surface area contributed by atoms with Gasteiger partial charge in [-0.05, 0) is 26.0 Å². The van der Waals surface area contributed by atoms with Gasteiger partial charge < -0.3 is 10.1 Å². The average Bonchev–Trinajstić information content (AvgIpc) is 2.36. The molecule has 1 aromatic carbocycles. The molecule has 1 heterocycles. The van der Waals surface area contributed by atoms with Gasteiger partial charge in [0.1, 0.15) is 18.1 Å².